The lowest BCUT2D eigenvalue weighted by Gasteiger charge is -2.18. The van der Waals surface area contributed by atoms with E-state index < -0.39 is 8.80 Å². The molecule has 0 heterocycles. The predicted octanol–water partition coefficient (Wildman–Crippen LogP) is 2.43. The van der Waals surface area contributed by atoms with Crippen LogP contribution in [0.4, 0.5) is 0 Å². The summed E-state index contributed by atoms with van der Waals surface area (Å²) >= 11 is 0. The van der Waals surface area contributed by atoms with E-state index in [9.17, 15) is 4.79 Å². The fourth-order valence-electron chi connectivity index (χ4n) is 1.40. The molecule has 0 radical (unpaired) electrons. The topological polar surface area (TPSA) is 35.5 Å². The number of hydrogen-bond acceptors (Lipinski definition) is 3. The maximum absolute atomic E-state index is 11.2. The predicted molar refractivity (Wildman–Crippen MR) is 71.3 cm³/mol. The van der Waals surface area contributed by atoms with Gasteiger partial charge < -0.3 is 9.47 Å². The molecule has 0 aromatic heterocycles. The zero-order valence-corrected chi connectivity index (χ0v) is 11.6. The van der Waals surface area contributed by atoms with Crippen molar-refractivity contribution in [2.24, 2.45) is 0 Å². The van der Waals surface area contributed by atoms with Crippen molar-refractivity contribution in [1.29, 1.82) is 0 Å². The lowest BCUT2D eigenvalue weighted by Crippen LogP contribution is -2.28. The number of methoxy groups -OCH3 is 1. The van der Waals surface area contributed by atoms with Crippen LogP contribution in [0.1, 0.15) is 10.4 Å². The Morgan fingerprint density at radius 3 is 2.35 bits per heavy atom. The van der Waals surface area contributed by atoms with Crippen LogP contribution in [0.15, 0.2) is 36.9 Å². The van der Waals surface area contributed by atoms with E-state index in [0.717, 1.165) is 5.75 Å². The van der Waals surface area contributed by atoms with Gasteiger partial charge in [-0.3, -0.25) is 0 Å². The zero-order chi connectivity index (χ0) is 12.8. The second kappa shape index (κ2) is 6.25. The Hall–Kier alpha value is -1.55. The van der Waals surface area contributed by atoms with Gasteiger partial charge in [-0.05, 0) is 24.3 Å². The first-order chi connectivity index (χ1) is 8.08. The first-order valence-corrected chi connectivity index (χ1v) is 8.53. The van der Waals surface area contributed by atoms with Gasteiger partial charge in [0.2, 0.25) is 0 Å². The second-order valence-corrected chi connectivity index (χ2v) is 7.22. The smallest absolute Gasteiger partial charge is 0.337 e. The van der Waals surface area contributed by atoms with Crippen LogP contribution >= 0.6 is 0 Å². The van der Waals surface area contributed by atoms with Gasteiger partial charge in [0.05, 0.1) is 21.5 Å². The molecule has 4 heteroatoms. The number of carbonyl (C=O) groups excluding carboxylic acids is 1. The summed E-state index contributed by atoms with van der Waals surface area (Å²) < 4.78 is 10.4. The van der Waals surface area contributed by atoms with Crippen LogP contribution in [0, 0.1) is 0 Å². The molecular formula is C13H18O3Si. The van der Waals surface area contributed by atoms with Gasteiger partial charge in [-0.15, -0.1) is 0 Å². The van der Waals surface area contributed by atoms with Crippen molar-refractivity contribution in [1.82, 2.24) is 0 Å². The van der Waals surface area contributed by atoms with E-state index in [1.165, 1.54) is 7.11 Å². The minimum absolute atomic E-state index is 0.110. The standard InChI is InChI=1S/C13H18O3Si/c1-5-12(17(3)4)16-11-8-6-10(7-9-11)13(14)15-2/h5-9,12,17H,1H2,2-4H3. The summed E-state index contributed by atoms with van der Waals surface area (Å²) in [6.45, 7) is 8.18. The summed E-state index contributed by atoms with van der Waals surface area (Å²) in [4.78, 5) is 11.2. The van der Waals surface area contributed by atoms with Crippen molar-refractivity contribution in [3.63, 3.8) is 0 Å². The van der Waals surface area contributed by atoms with E-state index in [0.29, 0.717) is 5.56 Å². The largest absolute Gasteiger partial charge is 0.491 e. The van der Waals surface area contributed by atoms with E-state index in [-0.39, 0.29) is 11.7 Å². The third kappa shape index (κ3) is 3.74. The fraction of sp³-hybridized carbons (Fsp3) is 0.308. The number of carbonyl (C=O) groups is 1. The first kappa shape index (κ1) is 13.5. The van der Waals surface area contributed by atoms with E-state index in [1.54, 1.807) is 24.3 Å². The molecule has 1 unspecified atom stereocenters. The van der Waals surface area contributed by atoms with Crippen molar-refractivity contribution >= 4 is 14.8 Å². The highest BCUT2D eigenvalue weighted by molar-refractivity contribution is 6.57. The SMILES string of the molecule is C=CC(Oc1ccc(C(=O)OC)cc1)[SiH](C)C. The maximum atomic E-state index is 11.2. The molecule has 0 bridgehead atoms. The summed E-state index contributed by atoms with van der Waals surface area (Å²) in [5.41, 5.74) is 0.635. The zero-order valence-electron chi connectivity index (χ0n) is 10.5. The summed E-state index contributed by atoms with van der Waals surface area (Å²) in [6, 6.07) is 6.95. The number of rotatable bonds is 5. The number of benzene rings is 1. The average Bonchev–Trinajstić information content (AvgIpc) is 2.35. The van der Waals surface area contributed by atoms with E-state index in [1.807, 2.05) is 6.08 Å². The Labute approximate surface area is 104 Å². The van der Waals surface area contributed by atoms with Gasteiger partial charge in [0, 0.05) is 0 Å². The molecule has 0 spiro atoms. The molecule has 0 saturated carbocycles. The quantitative estimate of drug-likeness (QED) is 0.457. The Balaban J connectivity index is 2.74. The van der Waals surface area contributed by atoms with Gasteiger partial charge in [0.15, 0.2) is 0 Å². The summed E-state index contributed by atoms with van der Waals surface area (Å²) in [7, 11) is 0.441. The molecule has 1 aromatic rings. The molecule has 1 atom stereocenters. The van der Waals surface area contributed by atoms with Crippen LogP contribution in [0.2, 0.25) is 13.1 Å². The van der Waals surface area contributed by atoms with Gasteiger partial charge in [-0.1, -0.05) is 25.7 Å². The molecule has 0 aliphatic heterocycles. The summed E-state index contributed by atoms with van der Waals surface area (Å²) in [5, 5.41) is 0. The molecule has 0 aliphatic rings. The molecule has 3 nitrogen and oxygen atoms in total. The Bertz CT molecular complexity index is 384. The number of esters is 1. The third-order valence-corrected chi connectivity index (χ3v) is 4.16. The monoisotopic (exact) mass is 250 g/mol. The van der Waals surface area contributed by atoms with E-state index >= 15 is 0 Å². The van der Waals surface area contributed by atoms with Crippen LogP contribution in [-0.4, -0.2) is 27.6 Å². The van der Waals surface area contributed by atoms with Crippen LogP contribution in [0.25, 0.3) is 0 Å². The molecule has 1 aromatic carbocycles. The van der Waals surface area contributed by atoms with Crippen molar-refractivity contribution in [3.05, 3.63) is 42.5 Å². The van der Waals surface area contributed by atoms with E-state index in [2.05, 4.69) is 24.4 Å². The van der Waals surface area contributed by atoms with Crippen LogP contribution in [0.3, 0.4) is 0 Å². The summed E-state index contributed by atoms with van der Waals surface area (Å²) in [6.07, 6.45) is 1.84. The molecule has 0 N–H and O–H groups in total. The first-order valence-electron chi connectivity index (χ1n) is 5.56. The maximum Gasteiger partial charge on any atom is 0.337 e. The van der Waals surface area contributed by atoms with Crippen LogP contribution in [0.5, 0.6) is 5.75 Å². The third-order valence-electron chi connectivity index (χ3n) is 2.44. The van der Waals surface area contributed by atoms with Gasteiger partial charge in [-0.2, -0.15) is 0 Å². The van der Waals surface area contributed by atoms with Crippen molar-refractivity contribution in [3.8, 4) is 5.75 Å². The highest BCUT2D eigenvalue weighted by Gasteiger charge is 2.12. The lowest BCUT2D eigenvalue weighted by atomic mass is 10.2. The van der Waals surface area contributed by atoms with Crippen molar-refractivity contribution < 1.29 is 14.3 Å². The highest BCUT2D eigenvalue weighted by Crippen LogP contribution is 2.15. The normalized spacial score (nSPS) is 12.0. The highest BCUT2D eigenvalue weighted by atomic mass is 28.3. The van der Waals surface area contributed by atoms with Gasteiger partial charge in [-0.25, -0.2) is 4.79 Å². The Kier molecular flexibility index (Phi) is 4.97. The molecule has 92 valence electrons. The molecular weight excluding hydrogens is 232 g/mol. The van der Waals surface area contributed by atoms with Crippen molar-refractivity contribution in [2.45, 2.75) is 18.8 Å². The second-order valence-electron chi connectivity index (χ2n) is 4.08. The van der Waals surface area contributed by atoms with Crippen LogP contribution in [-0.2, 0) is 4.74 Å². The molecule has 0 amide bonds. The molecule has 0 saturated heterocycles. The van der Waals surface area contributed by atoms with Gasteiger partial charge >= 0.3 is 5.97 Å². The molecule has 1 rings (SSSR count). The van der Waals surface area contributed by atoms with Crippen LogP contribution < -0.4 is 4.74 Å². The number of hydrogen-bond donors (Lipinski definition) is 0. The Morgan fingerprint density at radius 2 is 1.94 bits per heavy atom. The molecule has 17 heavy (non-hydrogen) atoms. The lowest BCUT2D eigenvalue weighted by molar-refractivity contribution is 0.0600. The van der Waals surface area contributed by atoms with Gasteiger partial charge in [0.1, 0.15) is 11.5 Å². The van der Waals surface area contributed by atoms with E-state index in [4.69, 9.17) is 4.74 Å². The number of ether oxygens (including phenoxy) is 2. The van der Waals surface area contributed by atoms with Crippen molar-refractivity contribution in [2.75, 3.05) is 7.11 Å². The summed E-state index contributed by atoms with van der Waals surface area (Å²) in [5.74, 6) is 0.416. The Morgan fingerprint density at radius 1 is 1.35 bits per heavy atom. The molecule has 0 aliphatic carbocycles. The molecule has 0 fully saturated rings. The average molecular weight is 250 g/mol. The minimum atomic E-state index is -0.925. The fourth-order valence-corrected chi connectivity index (χ4v) is 2.37. The minimum Gasteiger partial charge on any atom is -0.491 e. The van der Waals surface area contributed by atoms with Gasteiger partial charge in [0.25, 0.3) is 0 Å².